The Morgan fingerprint density at radius 2 is 2.30 bits per heavy atom. The van der Waals surface area contributed by atoms with Gasteiger partial charge in [0.25, 0.3) is 0 Å². The van der Waals surface area contributed by atoms with Crippen LogP contribution in [0.3, 0.4) is 0 Å². The summed E-state index contributed by atoms with van der Waals surface area (Å²) in [5.41, 5.74) is 1.26. The molecule has 1 aliphatic heterocycles. The van der Waals surface area contributed by atoms with Crippen molar-refractivity contribution >= 4 is 0 Å². The zero-order valence-corrected chi connectivity index (χ0v) is 6.89. The minimum Gasteiger partial charge on any atom is -0.374 e. The summed E-state index contributed by atoms with van der Waals surface area (Å²) in [4.78, 5) is 0. The maximum absolute atomic E-state index is 5.48. The van der Waals surface area contributed by atoms with Crippen molar-refractivity contribution in [3.8, 4) is 0 Å². The van der Waals surface area contributed by atoms with Crippen LogP contribution in [0.2, 0.25) is 0 Å². The quantitative estimate of drug-likeness (QED) is 0.535. The molecule has 0 aromatic rings. The van der Waals surface area contributed by atoms with Gasteiger partial charge in [0.1, 0.15) is 0 Å². The monoisotopic (exact) mass is 140 g/mol. The fourth-order valence-corrected chi connectivity index (χ4v) is 1.24. The molecular formula is C9H16O. The van der Waals surface area contributed by atoms with Crippen LogP contribution in [0.1, 0.15) is 26.7 Å². The van der Waals surface area contributed by atoms with Crippen molar-refractivity contribution in [3.63, 3.8) is 0 Å². The van der Waals surface area contributed by atoms with Crippen LogP contribution in [0.25, 0.3) is 0 Å². The van der Waals surface area contributed by atoms with E-state index in [-0.39, 0.29) is 0 Å². The van der Waals surface area contributed by atoms with Gasteiger partial charge >= 0.3 is 0 Å². The molecule has 0 amide bonds. The Hall–Kier alpha value is -0.300. The van der Waals surface area contributed by atoms with E-state index in [2.05, 4.69) is 20.4 Å². The third-order valence-corrected chi connectivity index (χ3v) is 2.08. The maximum atomic E-state index is 5.48. The molecule has 0 spiro atoms. The van der Waals surface area contributed by atoms with Crippen LogP contribution in [0.5, 0.6) is 0 Å². The van der Waals surface area contributed by atoms with Crippen molar-refractivity contribution in [2.75, 3.05) is 6.61 Å². The zero-order valence-electron chi connectivity index (χ0n) is 6.89. The Kier molecular flexibility index (Phi) is 2.50. The average Bonchev–Trinajstić information content (AvgIpc) is 2.36. The summed E-state index contributed by atoms with van der Waals surface area (Å²) in [5.74, 6) is 0.572. The predicted molar refractivity (Wildman–Crippen MR) is 43.0 cm³/mol. The molecule has 0 aliphatic carbocycles. The fraction of sp³-hybridized carbons (Fsp3) is 0.778. The van der Waals surface area contributed by atoms with Gasteiger partial charge in [-0.2, -0.15) is 0 Å². The molecule has 10 heavy (non-hydrogen) atoms. The highest BCUT2D eigenvalue weighted by molar-refractivity contribution is 5.06. The van der Waals surface area contributed by atoms with Crippen LogP contribution in [-0.4, -0.2) is 12.7 Å². The van der Waals surface area contributed by atoms with Crippen LogP contribution in [0.15, 0.2) is 12.2 Å². The topological polar surface area (TPSA) is 9.23 Å². The maximum Gasteiger partial charge on any atom is 0.0785 e. The first-order chi connectivity index (χ1) is 4.72. The van der Waals surface area contributed by atoms with Crippen molar-refractivity contribution in [3.05, 3.63) is 12.2 Å². The first-order valence-corrected chi connectivity index (χ1v) is 4.02. The van der Waals surface area contributed by atoms with Gasteiger partial charge in [-0.25, -0.2) is 0 Å². The molecule has 1 nitrogen and oxygen atoms in total. The molecule has 0 bridgehead atoms. The first kappa shape index (κ1) is 7.80. The Labute approximate surface area is 63.1 Å². The van der Waals surface area contributed by atoms with Gasteiger partial charge in [0.05, 0.1) is 6.10 Å². The van der Waals surface area contributed by atoms with Gasteiger partial charge in [-0.3, -0.25) is 0 Å². The third kappa shape index (κ3) is 1.60. The van der Waals surface area contributed by atoms with Gasteiger partial charge in [-0.15, -0.1) is 0 Å². The second kappa shape index (κ2) is 3.20. The van der Waals surface area contributed by atoms with Crippen molar-refractivity contribution in [2.45, 2.75) is 32.8 Å². The number of hydrogen-bond donors (Lipinski definition) is 0. The third-order valence-electron chi connectivity index (χ3n) is 2.08. The van der Waals surface area contributed by atoms with Gasteiger partial charge in [0.15, 0.2) is 0 Å². The second-order valence-electron chi connectivity index (χ2n) is 3.23. The summed E-state index contributed by atoms with van der Waals surface area (Å²) in [6, 6.07) is 0. The lowest BCUT2D eigenvalue weighted by Crippen LogP contribution is -2.12. The minimum absolute atomic E-state index is 0.361. The first-order valence-electron chi connectivity index (χ1n) is 4.02. The largest absolute Gasteiger partial charge is 0.374 e. The lowest BCUT2D eigenvalue weighted by Gasteiger charge is -2.15. The van der Waals surface area contributed by atoms with Crippen LogP contribution >= 0.6 is 0 Å². The molecule has 58 valence electrons. The van der Waals surface area contributed by atoms with E-state index in [0.29, 0.717) is 12.0 Å². The van der Waals surface area contributed by atoms with Gasteiger partial charge in [-0.1, -0.05) is 20.4 Å². The van der Waals surface area contributed by atoms with Crippen molar-refractivity contribution in [2.24, 2.45) is 5.92 Å². The Morgan fingerprint density at radius 1 is 1.60 bits per heavy atom. The molecule has 1 heteroatoms. The molecule has 0 N–H and O–H groups in total. The van der Waals surface area contributed by atoms with Crippen molar-refractivity contribution in [1.82, 2.24) is 0 Å². The predicted octanol–water partition coefficient (Wildman–Crippen LogP) is 2.38. The molecule has 0 radical (unpaired) electrons. The summed E-state index contributed by atoms with van der Waals surface area (Å²) in [6.45, 7) is 9.28. The summed E-state index contributed by atoms with van der Waals surface area (Å²) < 4.78 is 5.48. The van der Waals surface area contributed by atoms with E-state index in [1.54, 1.807) is 0 Å². The number of ether oxygens (including phenoxy) is 1. The Bertz CT molecular complexity index is 121. The molecule has 1 saturated heterocycles. The van der Waals surface area contributed by atoms with Crippen LogP contribution in [0.4, 0.5) is 0 Å². The van der Waals surface area contributed by atoms with Crippen LogP contribution in [0, 0.1) is 5.92 Å². The molecule has 0 saturated carbocycles. The van der Waals surface area contributed by atoms with Gasteiger partial charge in [0.2, 0.25) is 0 Å². The highest BCUT2D eigenvalue weighted by Gasteiger charge is 2.19. The molecular weight excluding hydrogens is 124 g/mol. The molecule has 1 fully saturated rings. The molecule has 1 atom stereocenters. The number of rotatable bonds is 2. The molecule has 1 aliphatic rings. The van der Waals surface area contributed by atoms with Gasteiger partial charge < -0.3 is 4.74 Å². The molecule has 0 aromatic carbocycles. The van der Waals surface area contributed by atoms with E-state index in [1.807, 2.05) is 0 Å². The van der Waals surface area contributed by atoms with E-state index in [4.69, 9.17) is 4.74 Å². The van der Waals surface area contributed by atoms with Crippen LogP contribution < -0.4 is 0 Å². The summed E-state index contributed by atoms with van der Waals surface area (Å²) in [5, 5.41) is 0. The van der Waals surface area contributed by atoms with E-state index < -0.39 is 0 Å². The molecule has 1 heterocycles. The fourth-order valence-electron chi connectivity index (χ4n) is 1.24. The van der Waals surface area contributed by atoms with E-state index in [1.165, 1.54) is 18.4 Å². The summed E-state index contributed by atoms with van der Waals surface area (Å²) in [6.07, 6.45) is 2.74. The van der Waals surface area contributed by atoms with Crippen molar-refractivity contribution in [1.29, 1.82) is 0 Å². The second-order valence-corrected chi connectivity index (χ2v) is 3.23. The smallest absolute Gasteiger partial charge is 0.0785 e. The average molecular weight is 140 g/mol. The van der Waals surface area contributed by atoms with Gasteiger partial charge in [-0.05, 0) is 24.3 Å². The Balaban J connectivity index is 2.40. The standard InChI is InChI=1S/C9H16O/c1-7(2)8(3)9-5-4-6-10-9/h7,9H,3-6H2,1-2H3/t9-/m0/s1. The Morgan fingerprint density at radius 3 is 2.70 bits per heavy atom. The molecule has 1 rings (SSSR count). The van der Waals surface area contributed by atoms with Gasteiger partial charge in [0, 0.05) is 6.61 Å². The highest BCUT2D eigenvalue weighted by Crippen LogP contribution is 2.23. The summed E-state index contributed by atoms with van der Waals surface area (Å²) in [7, 11) is 0. The number of hydrogen-bond acceptors (Lipinski definition) is 1. The minimum atomic E-state index is 0.361. The van der Waals surface area contributed by atoms with Crippen LogP contribution in [-0.2, 0) is 4.74 Å². The van der Waals surface area contributed by atoms with E-state index >= 15 is 0 Å². The zero-order chi connectivity index (χ0) is 7.56. The molecule has 0 unspecified atom stereocenters. The SMILES string of the molecule is C=C(C(C)C)[C@@H]1CCCO1. The lowest BCUT2D eigenvalue weighted by molar-refractivity contribution is 0.131. The lowest BCUT2D eigenvalue weighted by atomic mass is 9.98. The van der Waals surface area contributed by atoms with E-state index in [9.17, 15) is 0 Å². The summed E-state index contributed by atoms with van der Waals surface area (Å²) >= 11 is 0. The molecule has 0 aromatic heterocycles. The van der Waals surface area contributed by atoms with E-state index in [0.717, 1.165) is 6.61 Å². The van der Waals surface area contributed by atoms with Crippen molar-refractivity contribution < 1.29 is 4.74 Å². The highest BCUT2D eigenvalue weighted by atomic mass is 16.5. The normalized spacial score (nSPS) is 25.7.